The van der Waals surface area contributed by atoms with E-state index in [1.54, 1.807) is 18.2 Å². The highest BCUT2D eigenvalue weighted by atomic mass is 19.1. The van der Waals surface area contributed by atoms with Crippen LogP contribution in [-0.4, -0.2) is 17.3 Å². The van der Waals surface area contributed by atoms with Crippen molar-refractivity contribution in [2.24, 2.45) is 0 Å². The Bertz CT molecular complexity index is 334. The molecular weight excluding hydrogens is 183 g/mol. The summed E-state index contributed by atoms with van der Waals surface area (Å²) in [5.41, 5.74) is 0.00532. The topological polar surface area (TPSA) is 32.8 Å². The smallest absolute Gasteiger partial charge is 0.129 e. The molecule has 1 aliphatic heterocycles. The Kier molecular flexibility index (Phi) is 2.29. The van der Waals surface area contributed by atoms with Gasteiger partial charge in [-0.3, -0.25) is 0 Å². The third-order valence-corrected chi connectivity index (χ3v) is 2.83. The summed E-state index contributed by atoms with van der Waals surface area (Å²) >= 11 is 0. The normalized spacial score (nSPS) is 30.4. The van der Waals surface area contributed by atoms with Crippen molar-refractivity contribution in [2.75, 3.05) is 6.61 Å². The number of aliphatic hydroxyl groups is 1. The van der Waals surface area contributed by atoms with E-state index in [0.29, 0.717) is 12.0 Å². The van der Waals surface area contributed by atoms with E-state index < -0.39 is 5.60 Å². The van der Waals surface area contributed by atoms with Gasteiger partial charge >= 0.3 is 0 Å². The molecule has 0 aromatic heterocycles. The molecule has 0 bridgehead atoms. The largest absolute Gasteiger partial charge is 0.393 e. The second-order valence-corrected chi connectivity index (χ2v) is 3.60. The number of hydrogen-bond acceptors (Lipinski definition) is 2. The maximum absolute atomic E-state index is 13.3. The van der Waals surface area contributed by atoms with Crippen LogP contribution in [0, 0.1) is 5.82 Å². The highest BCUT2D eigenvalue weighted by Crippen LogP contribution is 2.51. The van der Waals surface area contributed by atoms with Gasteiger partial charge in [0, 0.05) is 5.56 Å². The summed E-state index contributed by atoms with van der Waals surface area (Å²) in [5, 5.41) is 9.13. The molecule has 3 heteroatoms. The molecule has 0 saturated carbocycles. The zero-order chi connectivity index (χ0) is 10.2. The van der Waals surface area contributed by atoms with Crippen molar-refractivity contribution in [3.8, 4) is 0 Å². The van der Waals surface area contributed by atoms with Crippen LogP contribution >= 0.6 is 0 Å². The SMILES string of the molecule is CC[C@@]1(CO)O[C@H]1c1ccccc1F. The van der Waals surface area contributed by atoms with E-state index in [4.69, 9.17) is 9.84 Å². The fourth-order valence-corrected chi connectivity index (χ4v) is 1.74. The van der Waals surface area contributed by atoms with Crippen LogP contribution in [0.15, 0.2) is 24.3 Å². The van der Waals surface area contributed by atoms with E-state index in [1.807, 2.05) is 6.92 Å². The Balaban J connectivity index is 2.24. The highest BCUT2D eigenvalue weighted by Gasteiger charge is 2.56. The molecule has 1 saturated heterocycles. The molecular formula is C11H13FO2. The minimum Gasteiger partial charge on any atom is -0.393 e. The number of ether oxygens (including phenoxy) is 1. The molecule has 2 atom stereocenters. The van der Waals surface area contributed by atoms with Crippen molar-refractivity contribution in [2.45, 2.75) is 25.0 Å². The van der Waals surface area contributed by atoms with Crippen molar-refractivity contribution in [3.63, 3.8) is 0 Å². The third kappa shape index (κ3) is 1.33. The van der Waals surface area contributed by atoms with Crippen LogP contribution in [0.3, 0.4) is 0 Å². The maximum atomic E-state index is 13.3. The summed E-state index contributed by atoms with van der Waals surface area (Å²) in [5.74, 6) is -0.263. The molecule has 1 aromatic rings. The van der Waals surface area contributed by atoms with Gasteiger partial charge in [-0.1, -0.05) is 25.1 Å². The summed E-state index contributed by atoms with van der Waals surface area (Å²) in [4.78, 5) is 0. The van der Waals surface area contributed by atoms with Crippen molar-refractivity contribution in [1.29, 1.82) is 0 Å². The minimum atomic E-state index is -0.539. The fraction of sp³-hybridized carbons (Fsp3) is 0.455. The van der Waals surface area contributed by atoms with Gasteiger partial charge in [0.1, 0.15) is 17.5 Å². The summed E-state index contributed by atoms with van der Waals surface area (Å²) in [6.45, 7) is 1.87. The second-order valence-electron chi connectivity index (χ2n) is 3.60. The number of aliphatic hydroxyl groups excluding tert-OH is 1. The molecule has 14 heavy (non-hydrogen) atoms. The summed E-state index contributed by atoms with van der Waals surface area (Å²) in [7, 11) is 0. The van der Waals surface area contributed by atoms with Crippen LogP contribution < -0.4 is 0 Å². The minimum absolute atomic E-state index is 0.0531. The van der Waals surface area contributed by atoms with Crippen molar-refractivity contribution in [3.05, 3.63) is 35.6 Å². The molecule has 1 N–H and O–H groups in total. The quantitative estimate of drug-likeness (QED) is 0.750. The number of hydrogen-bond donors (Lipinski definition) is 1. The number of halogens is 1. The number of benzene rings is 1. The molecule has 0 radical (unpaired) electrons. The van der Waals surface area contributed by atoms with Crippen LogP contribution in [-0.2, 0) is 4.74 Å². The van der Waals surface area contributed by atoms with E-state index in [0.717, 1.165) is 0 Å². The van der Waals surface area contributed by atoms with E-state index in [-0.39, 0.29) is 18.5 Å². The van der Waals surface area contributed by atoms with Gasteiger partial charge in [0.2, 0.25) is 0 Å². The monoisotopic (exact) mass is 196 g/mol. The summed E-state index contributed by atoms with van der Waals surface area (Å²) in [6.07, 6.45) is 0.418. The Labute approximate surface area is 82.3 Å². The first kappa shape index (κ1) is 9.62. The van der Waals surface area contributed by atoms with Crippen molar-refractivity contribution >= 4 is 0 Å². The first-order valence-electron chi connectivity index (χ1n) is 4.76. The second kappa shape index (κ2) is 3.33. The Morgan fingerprint density at radius 1 is 1.50 bits per heavy atom. The summed E-state index contributed by atoms with van der Waals surface area (Å²) in [6, 6.07) is 6.54. The predicted molar refractivity (Wildman–Crippen MR) is 50.3 cm³/mol. The van der Waals surface area contributed by atoms with E-state index >= 15 is 0 Å². The first-order chi connectivity index (χ1) is 6.73. The Morgan fingerprint density at radius 2 is 2.21 bits per heavy atom. The van der Waals surface area contributed by atoms with E-state index in [1.165, 1.54) is 6.07 Å². The molecule has 1 aromatic carbocycles. The molecule has 0 aliphatic carbocycles. The van der Waals surface area contributed by atoms with Crippen LogP contribution in [0.25, 0.3) is 0 Å². The van der Waals surface area contributed by atoms with Gasteiger partial charge < -0.3 is 9.84 Å². The van der Waals surface area contributed by atoms with Gasteiger partial charge in [0.25, 0.3) is 0 Å². The first-order valence-corrected chi connectivity index (χ1v) is 4.76. The molecule has 2 rings (SSSR count). The average molecular weight is 196 g/mol. The van der Waals surface area contributed by atoms with Crippen molar-refractivity contribution < 1.29 is 14.2 Å². The Morgan fingerprint density at radius 3 is 2.71 bits per heavy atom. The fourth-order valence-electron chi connectivity index (χ4n) is 1.74. The molecule has 76 valence electrons. The standard InChI is InChI=1S/C11H13FO2/c1-2-11(7-13)10(14-11)8-5-3-4-6-9(8)12/h3-6,10,13H,2,7H2,1H3/t10-,11-/m0/s1. The van der Waals surface area contributed by atoms with Gasteiger partial charge in [-0.15, -0.1) is 0 Å². The van der Waals surface area contributed by atoms with Gasteiger partial charge in [-0.05, 0) is 12.5 Å². The maximum Gasteiger partial charge on any atom is 0.129 e. The number of rotatable bonds is 3. The van der Waals surface area contributed by atoms with Gasteiger partial charge in [-0.25, -0.2) is 4.39 Å². The lowest BCUT2D eigenvalue weighted by Crippen LogP contribution is -2.16. The average Bonchev–Trinajstić information content (AvgIpc) is 2.94. The third-order valence-electron chi connectivity index (χ3n) is 2.83. The Hall–Kier alpha value is -0.930. The van der Waals surface area contributed by atoms with E-state index in [2.05, 4.69) is 0 Å². The lowest BCUT2D eigenvalue weighted by Gasteiger charge is -2.05. The van der Waals surface area contributed by atoms with Crippen LogP contribution in [0.4, 0.5) is 4.39 Å². The molecule has 0 unspecified atom stereocenters. The van der Waals surface area contributed by atoms with Gasteiger partial charge in [0.15, 0.2) is 0 Å². The lowest BCUT2D eigenvalue weighted by atomic mass is 9.97. The predicted octanol–water partition coefficient (Wildman–Crippen LogP) is 2.04. The zero-order valence-corrected chi connectivity index (χ0v) is 8.03. The van der Waals surface area contributed by atoms with Crippen LogP contribution in [0.1, 0.15) is 25.0 Å². The number of epoxide rings is 1. The van der Waals surface area contributed by atoms with Crippen LogP contribution in [0.5, 0.6) is 0 Å². The van der Waals surface area contributed by atoms with E-state index in [9.17, 15) is 4.39 Å². The molecule has 1 aliphatic rings. The molecule has 0 spiro atoms. The summed E-state index contributed by atoms with van der Waals surface area (Å²) < 4.78 is 18.7. The lowest BCUT2D eigenvalue weighted by molar-refractivity contribution is 0.168. The van der Waals surface area contributed by atoms with Gasteiger partial charge in [0.05, 0.1) is 6.61 Å². The molecule has 1 heterocycles. The van der Waals surface area contributed by atoms with Crippen molar-refractivity contribution in [1.82, 2.24) is 0 Å². The van der Waals surface area contributed by atoms with Gasteiger partial charge in [-0.2, -0.15) is 0 Å². The molecule has 1 fully saturated rings. The molecule has 0 amide bonds. The zero-order valence-electron chi connectivity index (χ0n) is 8.03. The molecule has 2 nitrogen and oxygen atoms in total. The highest BCUT2D eigenvalue weighted by molar-refractivity contribution is 5.27. The van der Waals surface area contributed by atoms with Crippen LogP contribution in [0.2, 0.25) is 0 Å².